The number of nitrogens with one attached hydrogen (secondary N) is 4. The van der Waals surface area contributed by atoms with Gasteiger partial charge >= 0.3 is 0 Å². The summed E-state index contributed by atoms with van der Waals surface area (Å²) in [6, 6.07) is 7.34. The van der Waals surface area contributed by atoms with Crippen molar-refractivity contribution in [1.29, 1.82) is 0 Å². The summed E-state index contributed by atoms with van der Waals surface area (Å²) in [5, 5.41) is 8.01. The zero-order chi connectivity index (χ0) is 18.1. The molecule has 3 amide bonds. The fourth-order valence-corrected chi connectivity index (χ4v) is 2.37. The molecule has 0 aromatic heterocycles. The summed E-state index contributed by atoms with van der Waals surface area (Å²) in [4.78, 5) is 36.0. The van der Waals surface area contributed by atoms with E-state index in [1.165, 1.54) is 0 Å². The molecular formula is C16H24BrN4O3+. The van der Waals surface area contributed by atoms with Crippen LogP contribution in [0.25, 0.3) is 0 Å². The highest BCUT2D eigenvalue weighted by Crippen LogP contribution is 2.20. The zero-order valence-electron chi connectivity index (χ0n) is 14.1. The van der Waals surface area contributed by atoms with Crippen LogP contribution in [0, 0.1) is 0 Å². The van der Waals surface area contributed by atoms with Crippen LogP contribution in [0.15, 0.2) is 28.7 Å². The Morgan fingerprint density at radius 3 is 2.33 bits per heavy atom. The first-order chi connectivity index (χ1) is 11.3. The Hall–Kier alpha value is -1.93. The average molecular weight is 400 g/mol. The van der Waals surface area contributed by atoms with Gasteiger partial charge in [0.15, 0.2) is 13.1 Å². The summed E-state index contributed by atoms with van der Waals surface area (Å²) in [6.07, 6.45) is 0. The summed E-state index contributed by atoms with van der Waals surface area (Å²) in [5.41, 5.74) is 0.685. The minimum atomic E-state index is -0.278. The minimum Gasteiger partial charge on any atom is -0.352 e. The van der Waals surface area contributed by atoms with Crippen LogP contribution in [-0.4, -0.2) is 50.4 Å². The second kappa shape index (κ2) is 10.0. The molecule has 0 aliphatic carbocycles. The summed E-state index contributed by atoms with van der Waals surface area (Å²) < 4.78 is 0.796. The van der Waals surface area contributed by atoms with Crippen molar-refractivity contribution in [3.63, 3.8) is 0 Å². The van der Waals surface area contributed by atoms with Crippen LogP contribution in [0.5, 0.6) is 0 Å². The lowest BCUT2D eigenvalue weighted by atomic mass is 10.3. The highest BCUT2D eigenvalue weighted by Gasteiger charge is 2.15. The average Bonchev–Trinajstić information content (AvgIpc) is 2.46. The molecule has 0 bridgehead atoms. The number of anilines is 1. The number of hydrogen-bond acceptors (Lipinski definition) is 3. The first-order valence-corrected chi connectivity index (χ1v) is 8.49. The molecule has 1 unspecified atom stereocenters. The van der Waals surface area contributed by atoms with E-state index < -0.39 is 0 Å². The van der Waals surface area contributed by atoms with Gasteiger partial charge in [0, 0.05) is 10.5 Å². The van der Waals surface area contributed by atoms with E-state index in [1.54, 1.807) is 13.1 Å². The van der Waals surface area contributed by atoms with Crippen molar-refractivity contribution in [1.82, 2.24) is 10.6 Å². The number of quaternary nitrogens is 1. The summed E-state index contributed by atoms with van der Waals surface area (Å²) in [5.74, 6) is -0.701. The number of amides is 3. The van der Waals surface area contributed by atoms with Gasteiger partial charge in [-0.15, -0.1) is 0 Å². The molecule has 1 aromatic carbocycles. The van der Waals surface area contributed by atoms with E-state index in [9.17, 15) is 14.4 Å². The van der Waals surface area contributed by atoms with Gasteiger partial charge in [0.25, 0.3) is 11.8 Å². The molecule has 1 aromatic rings. The Kier molecular flexibility index (Phi) is 8.42. The predicted molar refractivity (Wildman–Crippen MR) is 95.7 cm³/mol. The SMILES string of the molecule is CC(C)NC(=O)CNC(=O)C[NH+](C)CC(=O)Nc1ccccc1Br. The smallest absolute Gasteiger partial charge is 0.279 e. The molecule has 24 heavy (non-hydrogen) atoms. The topological polar surface area (TPSA) is 91.7 Å². The fourth-order valence-electron chi connectivity index (χ4n) is 1.98. The van der Waals surface area contributed by atoms with Gasteiger partial charge in [0.1, 0.15) is 0 Å². The summed E-state index contributed by atoms with van der Waals surface area (Å²) in [6.45, 7) is 3.89. The monoisotopic (exact) mass is 399 g/mol. The number of para-hydroxylation sites is 1. The van der Waals surface area contributed by atoms with E-state index in [0.717, 1.165) is 9.37 Å². The molecule has 0 fully saturated rings. The maximum Gasteiger partial charge on any atom is 0.279 e. The van der Waals surface area contributed by atoms with E-state index in [4.69, 9.17) is 0 Å². The summed E-state index contributed by atoms with van der Waals surface area (Å²) in [7, 11) is 1.74. The van der Waals surface area contributed by atoms with Crippen molar-refractivity contribution < 1.29 is 19.3 Å². The molecule has 0 heterocycles. The lowest BCUT2D eigenvalue weighted by Gasteiger charge is -2.14. The van der Waals surface area contributed by atoms with Crippen LogP contribution < -0.4 is 20.9 Å². The Bertz CT molecular complexity index is 592. The van der Waals surface area contributed by atoms with Crippen molar-refractivity contribution >= 4 is 39.3 Å². The number of rotatable bonds is 8. The molecule has 1 atom stereocenters. The normalized spacial score (nSPS) is 11.7. The first-order valence-electron chi connectivity index (χ1n) is 7.69. The lowest BCUT2D eigenvalue weighted by Crippen LogP contribution is -3.11. The molecular weight excluding hydrogens is 376 g/mol. The molecule has 0 aliphatic rings. The second-order valence-corrected chi connectivity index (χ2v) is 6.69. The van der Waals surface area contributed by atoms with E-state index in [1.807, 2.05) is 32.0 Å². The Morgan fingerprint density at radius 1 is 1.08 bits per heavy atom. The molecule has 0 saturated heterocycles. The molecule has 0 aliphatic heterocycles. The Morgan fingerprint density at radius 2 is 1.71 bits per heavy atom. The van der Waals surface area contributed by atoms with Gasteiger partial charge in [-0.1, -0.05) is 12.1 Å². The van der Waals surface area contributed by atoms with Gasteiger partial charge in [0.05, 0.1) is 19.3 Å². The van der Waals surface area contributed by atoms with Crippen molar-refractivity contribution in [3.8, 4) is 0 Å². The first kappa shape index (κ1) is 20.1. The molecule has 132 valence electrons. The van der Waals surface area contributed by atoms with E-state index in [0.29, 0.717) is 5.69 Å². The van der Waals surface area contributed by atoms with Crippen LogP contribution >= 0.6 is 15.9 Å². The Labute approximate surface area is 150 Å². The molecule has 0 spiro atoms. The summed E-state index contributed by atoms with van der Waals surface area (Å²) >= 11 is 3.36. The van der Waals surface area contributed by atoms with Crippen molar-refractivity contribution in [3.05, 3.63) is 28.7 Å². The third-order valence-electron chi connectivity index (χ3n) is 2.97. The van der Waals surface area contributed by atoms with Gasteiger partial charge in [-0.3, -0.25) is 14.4 Å². The van der Waals surface area contributed by atoms with Crippen molar-refractivity contribution in [2.45, 2.75) is 19.9 Å². The van der Waals surface area contributed by atoms with Crippen LogP contribution in [0.4, 0.5) is 5.69 Å². The van der Waals surface area contributed by atoms with Crippen LogP contribution in [0.3, 0.4) is 0 Å². The van der Waals surface area contributed by atoms with Crippen LogP contribution in [0.2, 0.25) is 0 Å². The fraction of sp³-hybridized carbons (Fsp3) is 0.438. The molecule has 0 radical (unpaired) electrons. The van der Waals surface area contributed by atoms with Crippen molar-refractivity contribution in [2.75, 3.05) is 32.0 Å². The molecule has 1 rings (SSSR count). The van der Waals surface area contributed by atoms with Gasteiger partial charge in [0.2, 0.25) is 5.91 Å². The maximum absolute atomic E-state index is 12.0. The van der Waals surface area contributed by atoms with Gasteiger partial charge < -0.3 is 20.9 Å². The number of hydrogen-bond donors (Lipinski definition) is 4. The highest BCUT2D eigenvalue weighted by molar-refractivity contribution is 9.10. The molecule has 8 heteroatoms. The molecule has 4 N–H and O–H groups in total. The van der Waals surface area contributed by atoms with Gasteiger partial charge in [-0.05, 0) is 41.9 Å². The van der Waals surface area contributed by atoms with Crippen molar-refractivity contribution in [2.24, 2.45) is 0 Å². The van der Waals surface area contributed by atoms with E-state index in [2.05, 4.69) is 31.9 Å². The third-order valence-corrected chi connectivity index (χ3v) is 3.66. The maximum atomic E-state index is 12.0. The van der Waals surface area contributed by atoms with Gasteiger partial charge in [-0.2, -0.15) is 0 Å². The highest BCUT2D eigenvalue weighted by atomic mass is 79.9. The van der Waals surface area contributed by atoms with E-state index in [-0.39, 0.29) is 43.4 Å². The van der Waals surface area contributed by atoms with Crippen LogP contribution in [-0.2, 0) is 14.4 Å². The lowest BCUT2D eigenvalue weighted by molar-refractivity contribution is -0.862. The zero-order valence-corrected chi connectivity index (χ0v) is 15.7. The number of benzene rings is 1. The number of carbonyl (C=O) groups excluding carboxylic acids is 3. The second-order valence-electron chi connectivity index (χ2n) is 5.84. The predicted octanol–water partition coefficient (Wildman–Crippen LogP) is -0.457. The Balaban J connectivity index is 2.33. The van der Waals surface area contributed by atoms with Gasteiger partial charge in [-0.25, -0.2) is 0 Å². The number of carbonyl (C=O) groups is 3. The number of likely N-dealkylation sites (N-methyl/N-ethyl adjacent to an activating group) is 1. The minimum absolute atomic E-state index is 0.0312. The molecule has 0 saturated carbocycles. The largest absolute Gasteiger partial charge is 0.352 e. The quantitative estimate of drug-likeness (QED) is 0.476. The third kappa shape index (κ3) is 8.07. The standard InChI is InChI=1S/C16H23BrN4O3/c1-11(2)19-14(22)8-18-15(23)9-21(3)10-16(24)20-13-7-5-4-6-12(13)17/h4-7,11H,8-10H2,1-3H3,(H,18,23)(H,19,22)(H,20,24)/p+1. The van der Waals surface area contributed by atoms with Crippen LogP contribution in [0.1, 0.15) is 13.8 Å². The molecule has 7 nitrogen and oxygen atoms in total. The van der Waals surface area contributed by atoms with E-state index >= 15 is 0 Å². The number of halogens is 1.